The van der Waals surface area contributed by atoms with Gasteiger partial charge in [-0.2, -0.15) is 0 Å². The first-order valence-corrected chi connectivity index (χ1v) is 7.21. The molecule has 0 radical (unpaired) electrons. The number of nitrogens with zero attached hydrogens (tertiary/aromatic N) is 1. The molecule has 0 spiro atoms. The van der Waals surface area contributed by atoms with Crippen molar-refractivity contribution < 1.29 is 9.59 Å². The number of hydrogen-bond acceptors (Lipinski definition) is 3. The number of benzene rings is 1. The minimum absolute atomic E-state index is 0.0685. The van der Waals surface area contributed by atoms with Crippen LogP contribution in [0.15, 0.2) is 30.3 Å². The van der Waals surface area contributed by atoms with Gasteiger partial charge in [-0.25, -0.2) is 0 Å². The fourth-order valence-electron chi connectivity index (χ4n) is 3.50. The van der Waals surface area contributed by atoms with Gasteiger partial charge in [0.15, 0.2) is 0 Å². The summed E-state index contributed by atoms with van der Waals surface area (Å²) in [4.78, 5) is 26.6. The first-order valence-electron chi connectivity index (χ1n) is 7.21. The van der Waals surface area contributed by atoms with Crippen molar-refractivity contribution in [3.63, 3.8) is 0 Å². The number of likely N-dealkylation sites (tertiary alicyclic amines) is 1. The first kappa shape index (κ1) is 13.3. The number of imide groups is 1. The van der Waals surface area contributed by atoms with Gasteiger partial charge in [0.2, 0.25) is 11.8 Å². The highest BCUT2D eigenvalue weighted by Crippen LogP contribution is 2.39. The lowest BCUT2D eigenvalue weighted by molar-refractivity contribution is -0.142. The van der Waals surface area contributed by atoms with Crippen LogP contribution >= 0.6 is 0 Å². The van der Waals surface area contributed by atoms with Gasteiger partial charge in [0.25, 0.3) is 0 Å². The first-order chi connectivity index (χ1) is 9.54. The van der Waals surface area contributed by atoms with E-state index in [-0.39, 0.29) is 30.3 Å². The molecule has 3 rings (SSSR count). The van der Waals surface area contributed by atoms with Crippen LogP contribution in [0.25, 0.3) is 0 Å². The molecule has 1 aliphatic heterocycles. The Kier molecular flexibility index (Phi) is 3.13. The molecule has 2 N–H and O–H groups in total. The van der Waals surface area contributed by atoms with E-state index in [1.165, 1.54) is 4.90 Å². The van der Waals surface area contributed by atoms with Gasteiger partial charge in [0.05, 0.1) is 11.5 Å². The summed E-state index contributed by atoms with van der Waals surface area (Å²) in [6.45, 7) is 1.86. The van der Waals surface area contributed by atoms with Gasteiger partial charge in [0.1, 0.15) is 0 Å². The van der Waals surface area contributed by atoms with Gasteiger partial charge >= 0.3 is 0 Å². The average Bonchev–Trinajstić information content (AvgIpc) is 2.94. The zero-order valence-electron chi connectivity index (χ0n) is 11.7. The maximum absolute atomic E-state index is 12.8. The molecule has 106 valence electrons. The SMILES string of the molecule is CC1(c2ccccc2)CC(=O)N(C2CCCC2N)C1=O. The lowest BCUT2D eigenvalue weighted by Crippen LogP contribution is -2.49. The zero-order valence-corrected chi connectivity index (χ0v) is 11.7. The Labute approximate surface area is 118 Å². The molecule has 1 heterocycles. The third-order valence-electron chi connectivity index (χ3n) is 4.74. The van der Waals surface area contributed by atoms with E-state index in [4.69, 9.17) is 5.73 Å². The smallest absolute Gasteiger partial charge is 0.240 e. The van der Waals surface area contributed by atoms with Gasteiger partial charge < -0.3 is 5.73 Å². The van der Waals surface area contributed by atoms with Gasteiger partial charge in [-0.3, -0.25) is 14.5 Å². The molecule has 3 unspecified atom stereocenters. The Balaban J connectivity index is 1.94. The summed E-state index contributed by atoms with van der Waals surface area (Å²) in [5, 5.41) is 0. The quantitative estimate of drug-likeness (QED) is 0.831. The number of nitrogens with two attached hydrogens (primary N) is 1. The normalized spacial score (nSPS) is 34.0. The molecular formula is C16H20N2O2. The molecule has 0 aromatic heterocycles. The maximum Gasteiger partial charge on any atom is 0.240 e. The van der Waals surface area contributed by atoms with Crippen molar-refractivity contribution in [1.29, 1.82) is 0 Å². The largest absolute Gasteiger partial charge is 0.326 e. The molecule has 4 heteroatoms. The van der Waals surface area contributed by atoms with E-state index in [1.807, 2.05) is 37.3 Å². The Morgan fingerprint density at radius 3 is 2.50 bits per heavy atom. The van der Waals surface area contributed by atoms with E-state index in [2.05, 4.69) is 0 Å². The fraction of sp³-hybridized carbons (Fsp3) is 0.500. The van der Waals surface area contributed by atoms with Crippen LogP contribution in [0.4, 0.5) is 0 Å². The highest BCUT2D eigenvalue weighted by Gasteiger charge is 2.52. The van der Waals surface area contributed by atoms with Crippen LogP contribution in [-0.4, -0.2) is 28.8 Å². The van der Waals surface area contributed by atoms with Crippen LogP contribution in [0.5, 0.6) is 0 Å². The Hall–Kier alpha value is -1.68. The third-order valence-corrected chi connectivity index (χ3v) is 4.74. The van der Waals surface area contributed by atoms with Crippen molar-refractivity contribution in [2.75, 3.05) is 0 Å². The second-order valence-electron chi connectivity index (χ2n) is 6.11. The lowest BCUT2D eigenvalue weighted by atomic mass is 9.81. The Bertz CT molecular complexity index is 543. The summed E-state index contributed by atoms with van der Waals surface area (Å²) in [5.41, 5.74) is 6.24. The third kappa shape index (κ3) is 1.86. The molecular weight excluding hydrogens is 252 g/mol. The average molecular weight is 272 g/mol. The molecule has 20 heavy (non-hydrogen) atoms. The molecule has 0 bridgehead atoms. The van der Waals surface area contributed by atoms with Crippen LogP contribution in [0.2, 0.25) is 0 Å². The van der Waals surface area contributed by atoms with E-state index in [0.29, 0.717) is 0 Å². The van der Waals surface area contributed by atoms with Crippen LogP contribution < -0.4 is 5.73 Å². The minimum atomic E-state index is -0.735. The topological polar surface area (TPSA) is 63.4 Å². The Morgan fingerprint density at radius 2 is 1.90 bits per heavy atom. The van der Waals surface area contributed by atoms with E-state index in [1.54, 1.807) is 0 Å². The molecule has 1 saturated heterocycles. The van der Waals surface area contributed by atoms with Gasteiger partial charge in [-0.15, -0.1) is 0 Å². The van der Waals surface area contributed by atoms with Crippen LogP contribution in [0.1, 0.15) is 38.2 Å². The number of hydrogen-bond donors (Lipinski definition) is 1. The summed E-state index contributed by atoms with van der Waals surface area (Å²) >= 11 is 0. The molecule has 3 atom stereocenters. The van der Waals surface area contributed by atoms with Crippen LogP contribution in [0, 0.1) is 0 Å². The van der Waals surface area contributed by atoms with E-state index < -0.39 is 5.41 Å². The zero-order chi connectivity index (χ0) is 14.3. The Morgan fingerprint density at radius 1 is 1.20 bits per heavy atom. The van der Waals surface area contributed by atoms with Gasteiger partial charge in [-0.05, 0) is 31.7 Å². The summed E-state index contributed by atoms with van der Waals surface area (Å²) < 4.78 is 0. The predicted octanol–water partition coefficient (Wildman–Crippen LogP) is 1.58. The fourth-order valence-corrected chi connectivity index (χ4v) is 3.50. The van der Waals surface area contributed by atoms with Crippen molar-refractivity contribution in [1.82, 2.24) is 4.90 Å². The second kappa shape index (κ2) is 4.70. The highest BCUT2D eigenvalue weighted by molar-refractivity contribution is 6.09. The molecule has 1 aromatic rings. The van der Waals surface area contributed by atoms with Crippen molar-refractivity contribution >= 4 is 11.8 Å². The highest BCUT2D eigenvalue weighted by atomic mass is 16.2. The van der Waals surface area contributed by atoms with E-state index >= 15 is 0 Å². The minimum Gasteiger partial charge on any atom is -0.326 e. The molecule has 1 aromatic carbocycles. The molecule has 1 saturated carbocycles. The molecule has 2 aliphatic rings. The van der Waals surface area contributed by atoms with Crippen molar-refractivity contribution in [3.8, 4) is 0 Å². The number of rotatable bonds is 2. The van der Waals surface area contributed by atoms with Crippen molar-refractivity contribution in [2.24, 2.45) is 5.73 Å². The molecule has 2 amide bonds. The van der Waals surface area contributed by atoms with Gasteiger partial charge in [-0.1, -0.05) is 30.3 Å². The molecule has 1 aliphatic carbocycles. The van der Waals surface area contributed by atoms with Crippen molar-refractivity contribution in [2.45, 2.75) is 50.1 Å². The summed E-state index contributed by atoms with van der Waals surface area (Å²) in [6, 6.07) is 9.39. The summed E-state index contributed by atoms with van der Waals surface area (Å²) in [6.07, 6.45) is 2.97. The van der Waals surface area contributed by atoms with E-state index in [9.17, 15) is 9.59 Å². The predicted molar refractivity (Wildman–Crippen MR) is 75.9 cm³/mol. The number of carbonyl (C=O) groups excluding carboxylic acids is 2. The maximum atomic E-state index is 12.8. The van der Waals surface area contributed by atoms with Crippen molar-refractivity contribution in [3.05, 3.63) is 35.9 Å². The van der Waals surface area contributed by atoms with Crippen LogP contribution in [0.3, 0.4) is 0 Å². The number of carbonyl (C=O) groups is 2. The summed E-state index contributed by atoms with van der Waals surface area (Å²) in [7, 11) is 0. The molecule has 2 fully saturated rings. The molecule has 4 nitrogen and oxygen atoms in total. The van der Waals surface area contributed by atoms with Crippen LogP contribution in [-0.2, 0) is 15.0 Å². The number of amides is 2. The monoisotopic (exact) mass is 272 g/mol. The van der Waals surface area contributed by atoms with E-state index in [0.717, 1.165) is 24.8 Å². The second-order valence-corrected chi connectivity index (χ2v) is 6.11. The standard InChI is InChI=1S/C16H20N2O2/c1-16(11-6-3-2-4-7-11)10-14(19)18(15(16)20)13-9-5-8-12(13)17/h2-4,6-7,12-13H,5,8-10,17H2,1H3. The lowest BCUT2D eigenvalue weighted by Gasteiger charge is -2.28. The summed E-state index contributed by atoms with van der Waals surface area (Å²) in [5.74, 6) is -0.167. The van der Waals surface area contributed by atoms with Gasteiger partial charge in [0, 0.05) is 12.5 Å².